The lowest BCUT2D eigenvalue weighted by molar-refractivity contribution is 0.179. The van der Waals surface area contributed by atoms with E-state index in [9.17, 15) is 9.00 Å². The maximum Gasteiger partial charge on any atom is 0.354 e. The number of benzene rings is 1. The Bertz CT molecular complexity index is 1180. The average molecular weight is 446 g/mol. The molecule has 0 saturated heterocycles. The predicted molar refractivity (Wildman–Crippen MR) is 116 cm³/mol. The summed E-state index contributed by atoms with van der Waals surface area (Å²) in [5.74, 6) is 0.537. The summed E-state index contributed by atoms with van der Waals surface area (Å²) >= 11 is 0. The summed E-state index contributed by atoms with van der Waals surface area (Å²) in [5.41, 5.74) is 5.61. The molecule has 2 heterocycles. The van der Waals surface area contributed by atoms with Gasteiger partial charge in [0, 0.05) is 18.7 Å². The van der Waals surface area contributed by atoms with Crippen LogP contribution in [0.2, 0.25) is 0 Å². The van der Waals surface area contributed by atoms with Crippen molar-refractivity contribution in [3.63, 3.8) is 0 Å². The van der Waals surface area contributed by atoms with E-state index in [1.165, 1.54) is 17.3 Å². The number of carbonyl (C=O) groups excluding carboxylic acids is 1. The number of hydrogen-bond acceptors (Lipinski definition) is 5. The molecule has 3 aliphatic rings. The molecule has 0 bridgehead atoms. The minimum absolute atomic E-state index is 0.0139. The van der Waals surface area contributed by atoms with E-state index < -0.39 is 15.9 Å². The summed E-state index contributed by atoms with van der Waals surface area (Å²) in [4.78, 5) is 13.1. The molecule has 9 nitrogen and oxygen atoms in total. The lowest BCUT2D eigenvalue weighted by Crippen LogP contribution is -2.19. The summed E-state index contributed by atoms with van der Waals surface area (Å²) in [7, 11) is -1.82. The highest BCUT2D eigenvalue weighted by Crippen LogP contribution is 2.44. The second kappa shape index (κ2) is 7.61. The van der Waals surface area contributed by atoms with Crippen molar-refractivity contribution < 1.29 is 18.5 Å². The first-order valence-corrected chi connectivity index (χ1v) is 12.2. The Morgan fingerprint density at radius 2 is 2.26 bits per heavy atom. The van der Waals surface area contributed by atoms with Crippen LogP contribution in [0.5, 0.6) is 5.88 Å². The van der Waals surface area contributed by atoms with E-state index in [4.69, 9.17) is 14.6 Å². The van der Waals surface area contributed by atoms with Crippen LogP contribution in [0.4, 0.5) is 10.5 Å². The van der Waals surface area contributed by atoms with E-state index in [2.05, 4.69) is 20.8 Å². The third-order valence-electron chi connectivity index (χ3n) is 6.43. The molecule has 1 aromatic heterocycles. The zero-order valence-corrected chi connectivity index (χ0v) is 18.5. The van der Waals surface area contributed by atoms with Crippen molar-refractivity contribution in [1.29, 1.82) is 0 Å². The molecule has 0 saturated carbocycles. The topological polar surface area (TPSA) is 121 Å². The van der Waals surface area contributed by atoms with Gasteiger partial charge in [-0.15, -0.1) is 4.36 Å². The SMILES string of the molecule is COCC1CCc2cc3c(c(NC(=O)N=S(N)(=O)c4cnn5c4OCC5C)c21)CCC3. The van der Waals surface area contributed by atoms with Gasteiger partial charge in [-0.25, -0.2) is 18.8 Å². The number of nitrogens with two attached hydrogens (primary N) is 1. The predicted octanol–water partition coefficient (Wildman–Crippen LogP) is 2.93. The van der Waals surface area contributed by atoms with Crippen molar-refractivity contribution >= 4 is 21.6 Å². The third-order valence-corrected chi connectivity index (χ3v) is 7.77. The smallest absolute Gasteiger partial charge is 0.354 e. The highest BCUT2D eigenvalue weighted by Gasteiger charge is 2.32. The summed E-state index contributed by atoms with van der Waals surface area (Å²) in [5, 5.41) is 13.1. The number of anilines is 1. The molecular weight excluding hydrogens is 418 g/mol. The van der Waals surface area contributed by atoms with Crippen LogP contribution in [0.25, 0.3) is 0 Å². The monoisotopic (exact) mass is 445 g/mol. The van der Waals surface area contributed by atoms with Gasteiger partial charge in [-0.3, -0.25) is 0 Å². The number of aromatic nitrogens is 2. The van der Waals surface area contributed by atoms with Crippen LogP contribution in [0, 0.1) is 0 Å². The Morgan fingerprint density at radius 1 is 1.42 bits per heavy atom. The van der Waals surface area contributed by atoms with Crippen LogP contribution in [-0.4, -0.2) is 40.3 Å². The van der Waals surface area contributed by atoms with Crippen LogP contribution < -0.4 is 15.2 Å². The van der Waals surface area contributed by atoms with Crippen molar-refractivity contribution in [2.75, 3.05) is 25.6 Å². The Kier molecular flexibility index (Phi) is 5.03. The molecule has 31 heavy (non-hydrogen) atoms. The first-order valence-electron chi connectivity index (χ1n) is 10.6. The minimum atomic E-state index is -3.51. The molecule has 1 aromatic carbocycles. The highest BCUT2D eigenvalue weighted by molar-refractivity contribution is 7.91. The molecule has 0 radical (unpaired) electrons. The number of carbonyl (C=O) groups is 1. The largest absolute Gasteiger partial charge is 0.475 e. The fraction of sp³-hybridized carbons (Fsp3) is 0.524. The maximum atomic E-state index is 13.1. The van der Waals surface area contributed by atoms with Gasteiger partial charge < -0.3 is 14.8 Å². The quantitative estimate of drug-likeness (QED) is 0.749. The van der Waals surface area contributed by atoms with E-state index in [1.807, 2.05) is 6.92 Å². The minimum Gasteiger partial charge on any atom is -0.475 e. The summed E-state index contributed by atoms with van der Waals surface area (Å²) in [6, 6.07) is 1.57. The van der Waals surface area contributed by atoms with Gasteiger partial charge in [-0.1, -0.05) is 6.07 Å². The molecule has 0 spiro atoms. The molecule has 3 unspecified atom stereocenters. The van der Waals surface area contributed by atoms with E-state index in [-0.39, 0.29) is 16.9 Å². The molecule has 0 fully saturated rings. The lowest BCUT2D eigenvalue weighted by atomic mass is 9.94. The second-order valence-electron chi connectivity index (χ2n) is 8.52. The summed E-state index contributed by atoms with van der Waals surface area (Å²) in [6.07, 6.45) is 6.28. The van der Waals surface area contributed by atoms with E-state index in [0.29, 0.717) is 19.1 Å². The van der Waals surface area contributed by atoms with Gasteiger partial charge in [0.25, 0.3) is 0 Å². The molecule has 1 aliphatic heterocycles. The number of hydrogen-bond donors (Lipinski definition) is 2. The van der Waals surface area contributed by atoms with Crippen LogP contribution >= 0.6 is 0 Å². The standard InChI is InChI=1S/C21H27N5O4S/c1-12-10-30-20-17(9-23-26(12)20)31(22,28)25-21(27)24-19-16-5-3-4-13(16)8-14-6-7-15(11-29-2)18(14)19/h8-9,12,15H,3-7,10-11H2,1-2H3,(H3,22,24,25,27,28). The number of amides is 2. The third kappa shape index (κ3) is 3.42. The fourth-order valence-corrected chi connectivity index (χ4v) is 6.03. The first-order chi connectivity index (χ1) is 14.9. The Balaban J connectivity index is 1.50. The zero-order chi connectivity index (χ0) is 21.8. The van der Waals surface area contributed by atoms with Gasteiger partial charge in [0.1, 0.15) is 11.5 Å². The number of urea groups is 1. The number of nitrogens with zero attached hydrogens (tertiary/aromatic N) is 3. The molecule has 3 N–H and O–H groups in total. The maximum absolute atomic E-state index is 13.1. The Hall–Kier alpha value is -2.43. The van der Waals surface area contributed by atoms with E-state index >= 15 is 0 Å². The van der Waals surface area contributed by atoms with Crippen LogP contribution in [0.1, 0.15) is 54.0 Å². The van der Waals surface area contributed by atoms with Crippen LogP contribution in [0.15, 0.2) is 21.5 Å². The van der Waals surface area contributed by atoms with Gasteiger partial charge in [-0.2, -0.15) is 5.10 Å². The van der Waals surface area contributed by atoms with Crippen molar-refractivity contribution in [3.8, 4) is 5.88 Å². The average Bonchev–Trinajstić information content (AvgIpc) is 3.47. The van der Waals surface area contributed by atoms with Crippen molar-refractivity contribution in [3.05, 3.63) is 34.5 Å². The summed E-state index contributed by atoms with van der Waals surface area (Å²) in [6.45, 7) is 2.95. The molecule has 5 rings (SSSR count). The van der Waals surface area contributed by atoms with Gasteiger partial charge in [-0.05, 0) is 61.3 Å². The van der Waals surface area contributed by atoms with Gasteiger partial charge in [0.15, 0.2) is 9.92 Å². The van der Waals surface area contributed by atoms with E-state index in [0.717, 1.165) is 48.9 Å². The Morgan fingerprint density at radius 3 is 3.06 bits per heavy atom. The first kappa shape index (κ1) is 20.5. The molecule has 10 heteroatoms. The molecule has 3 atom stereocenters. The fourth-order valence-electron chi connectivity index (χ4n) is 5.04. The highest BCUT2D eigenvalue weighted by atomic mass is 32.2. The van der Waals surface area contributed by atoms with Crippen LogP contribution in [-0.2, 0) is 33.9 Å². The van der Waals surface area contributed by atoms with Crippen molar-refractivity contribution in [2.24, 2.45) is 9.50 Å². The van der Waals surface area contributed by atoms with Gasteiger partial charge in [0.05, 0.1) is 18.8 Å². The molecular formula is C21H27N5O4S. The molecule has 2 aliphatic carbocycles. The number of fused-ring (bicyclic) bond motifs is 3. The number of nitrogens with one attached hydrogen (secondary N) is 1. The zero-order valence-electron chi connectivity index (χ0n) is 17.7. The second-order valence-corrected chi connectivity index (χ2v) is 10.3. The van der Waals surface area contributed by atoms with Crippen LogP contribution in [0.3, 0.4) is 0 Å². The number of ether oxygens (including phenoxy) is 2. The van der Waals surface area contributed by atoms with Gasteiger partial charge in [0.2, 0.25) is 5.88 Å². The van der Waals surface area contributed by atoms with Crippen molar-refractivity contribution in [2.45, 2.75) is 55.9 Å². The van der Waals surface area contributed by atoms with Crippen molar-refractivity contribution in [1.82, 2.24) is 9.78 Å². The summed E-state index contributed by atoms with van der Waals surface area (Å²) < 4.78 is 29.6. The van der Waals surface area contributed by atoms with Gasteiger partial charge >= 0.3 is 6.03 Å². The Labute approximate surface area is 181 Å². The number of methoxy groups -OCH3 is 1. The molecule has 166 valence electrons. The molecule has 2 amide bonds. The number of aryl methyl sites for hydroxylation is 2. The number of rotatable bonds is 4. The van der Waals surface area contributed by atoms with E-state index in [1.54, 1.807) is 11.8 Å². The lowest BCUT2D eigenvalue weighted by Gasteiger charge is -2.19. The normalized spacial score (nSPS) is 22.9. The molecule has 2 aromatic rings.